The largest absolute Gasteiger partial charge is 0.480 e. The minimum Gasteiger partial charge on any atom is -0.480 e. The Balaban J connectivity index is 1.65. The first-order valence-corrected chi connectivity index (χ1v) is 12.6. The predicted octanol–water partition coefficient (Wildman–Crippen LogP) is 2.83. The fourth-order valence-corrected chi connectivity index (χ4v) is 4.10. The highest BCUT2D eigenvalue weighted by molar-refractivity contribution is 7.13. The highest BCUT2D eigenvalue weighted by atomic mass is 32.1. The number of rotatable bonds is 10. The van der Waals surface area contributed by atoms with Crippen molar-refractivity contribution in [1.29, 1.82) is 0 Å². The lowest BCUT2D eigenvalue weighted by molar-refractivity contribution is -0.138. The van der Waals surface area contributed by atoms with E-state index in [0.29, 0.717) is 28.8 Å². The highest BCUT2D eigenvalue weighted by Crippen LogP contribution is 2.27. The zero-order valence-electron chi connectivity index (χ0n) is 21.7. The summed E-state index contributed by atoms with van der Waals surface area (Å²) in [6, 6.07) is 6.56. The number of carboxylic acid groups (broad SMARTS) is 1. The van der Waals surface area contributed by atoms with Crippen LogP contribution in [0.15, 0.2) is 53.5 Å². The second-order valence-corrected chi connectivity index (χ2v) is 10.6. The van der Waals surface area contributed by atoms with Crippen molar-refractivity contribution in [2.24, 2.45) is 16.5 Å². The molecule has 0 unspecified atom stereocenters. The quantitative estimate of drug-likeness (QED) is 0.243. The van der Waals surface area contributed by atoms with E-state index in [4.69, 9.17) is 16.6 Å². The van der Waals surface area contributed by atoms with Crippen LogP contribution < -0.4 is 22.1 Å². The maximum absolute atomic E-state index is 12.6. The molecule has 3 aromatic rings. The highest BCUT2D eigenvalue weighted by Gasteiger charge is 2.20. The third-order valence-electron chi connectivity index (χ3n) is 5.39. The van der Waals surface area contributed by atoms with Crippen LogP contribution in [-0.2, 0) is 16.8 Å². The first-order chi connectivity index (χ1) is 18.0. The number of aromatic nitrogens is 3. The van der Waals surface area contributed by atoms with Crippen LogP contribution in [0.4, 0.5) is 5.95 Å². The number of carboxylic acids is 1. The summed E-state index contributed by atoms with van der Waals surface area (Å²) in [5.74, 6) is -0.991. The molecule has 0 saturated heterocycles. The van der Waals surface area contributed by atoms with Crippen molar-refractivity contribution in [3.05, 3.63) is 69.6 Å². The van der Waals surface area contributed by atoms with Gasteiger partial charge in [-0.2, -0.15) is 0 Å². The average molecular weight is 537 g/mol. The smallest absolute Gasteiger partial charge is 0.322 e. The summed E-state index contributed by atoms with van der Waals surface area (Å²) in [5, 5.41) is 15.7. The molecular weight excluding hydrogens is 504 g/mol. The Morgan fingerprint density at radius 3 is 2.63 bits per heavy atom. The average Bonchev–Trinajstić information content (AvgIpc) is 3.38. The summed E-state index contributed by atoms with van der Waals surface area (Å²) in [7, 11) is 0. The molecule has 200 valence electrons. The number of nitrogens with one attached hydrogen (secondary N) is 2. The van der Waals surface area contributed by atoms with Crippen molar-refractivity contribution in [2.45, 2.75) is 45.7 Å². The van der Waals surface area contributed by atoms with Crippen molar-refractivity contribution in [3.8, 4) is 11.3 Å². The van der Waals surface area contributed by atoms with E-state index < -0.39 is 12.0 Å². The fourth-order valence-electron chi connectivity index (χ4n) is 3.21. The third kappa shape index (κ3) is 7.67. The van der Waals surface area contributed by atoms with Gasteiger partial charge in [-0.25, -0.2) is 15.0 Å². The molecule has 0 bridgehead atoms. The molecule has 0 aliphatic carbocycles. The first kappa shape index (κ1) is 28.4. The van der Waals surface area contributed by atoms with E-state index in [1.807, 2.05) is 25.1 Å². The van der Waals surface area contributed by atoms with Gasteiger partial charge in [-0.05, 0) is 30.2 Å². The molecule has 12 heteroatoms. The van der Waals surface area contributed by atoms with E-state index in [1.165, 1.54) is 23.8 Å². The molecule has 11 nitrogen and oxygen atoms in total. The zero-order chi connectivity index (χ0) is 27.9. The summed E-state index contributed by atoms with van der Waals surface area (Å²) in [6.07, 6.45) is 5.89. The molecule has 1 atom stereocenters. The Labute approximate surface area is 225 Å². The predicted molar refractivity (Wildman–Crippen MR) is 149 cm³/mol. The first-order valence-electron chi connectivity index (χ1n) is 11.8. The van der Waals surface area contributed by atoms with E-state index in [2.05, 4.69) is 51.3 Å². The number of aryl methyl sites for hydroxylation is 1. The van der Waals surface area contributed by atoms with E-state index in [9.17, 15) is 9.59 Å². The van der Waals surface area contributed by atoms with Crippen molar-refractivity contribution in [2.75, 3.05) is 11.9 Å². The van der Waals surface area contributed by atoms with Gasteiger partial charge in [-0.15, -0.1) is 11.3 Å². The number of nitrogens with zero attached hydrogens (tertiary/aromatic N) is 4. The van der Waals surface area contributed by atoms with Gasteiger partial charge in [0.15, 0.2) is 0 Å². The summed E-state index contributed by atoms with van der Waals surface area (Å²) < 4.78 is 0. The Hall–Kier alpha value is -4.16. The lowest BCUT2D eigenvalue weighted by Gasteiger charge is -2.13. The Kier molecular flexibility index (Phi) is 9.26. The van der Waals surface area contributed by atoms with Crippen LogP contribution in [0.3, 0.4) is 0 Å². The zero-order valence-corrected chi connectivity index (χ0v) is 22.5. The van der Waals surface area contributed by atoms with Crippen molar-refractivity contribution >= 4 is 35.4 Å². The van der Waals surface area contributed by atoms with Crippen molar-refractivity contribution in [3.63, 3.8) is 0 Å². The number of thiazole rings is 1. The monoisotopic (exact) mass is 536 g/mol. The van der Waals surface area contributed by atoms with E-state index in [0.717, 1.165) is 21.7 Å². The molecular formula is C26H32N8O3S. The minimum absolute atomic E-state index is 0.0938. The number of allylic oxidation sites excluding steroid dienone is 1. The van der Waals surface area contributed by atoms with Gasteiger partial charge in [-0.1, -0.05) is 32.9 Å². The second kappa shape index (κ2) is 12.4. The summed E-state index contributed by atoms with van der Waals surface area (Å²) >= 11 is 1.41. The van der Waals surface area contributed by atoms with Gasteiger partial charge in [0.2, 0.25) is 5.95 Å². The third-order valence-corrected chi connectivity index (χ3v) is 6.81. The maximum Gasteiger partial charge on any atom is 0.322 e. The maximum atomic E-state index is 12.6. The van der Waals surface area contributed by atoms with Gasteiger partial charge >= 0.3 is 5.97 Å². The molecule has 2 heterocycles. The topological polar surface area (TPSA) is 182 Å². The number of benzene rings is 1. The van der Waals surface area contributed by atoms with Crippen molar-refractivity contribution < 1.29 is 14.7 Å². The standard InChI is InChI=1S/C26H32N8O3S/c1-15-9-16(5-6-17(15)11-31-22(35)21-14-32-24(38-21)26(2,3)4)20-7-8-30-25(34-20)33-18(10-27)12-29-13-19(28)23(36)37/h5-10,12,14,19H,11,13,27-28H2,1-4H3,(H,31,35)(H,36,37)(H,30,33,34)/b18-10+,29-12?/t19-/m0/s1. The minimum atomic E-state index is -1.14. The van der Waals surface area contributed by atoms with Crippen LogP contribution in [0.1, 0.15) is 46.6 Å². The number of anilines is 1. The van der Waals surface area contributed by atoms with Gasteiger partial charge in [-0.3, -0.25) is 14.6 Å². The number of aliphatic imine (C=N–C) groups is 1. The number of amides is 1. The van der Waals surface area contributed by atoms with Crippen LogP contribution in [0, 0.1) is 6.92 Å². The molecule has 0 spiro atoms. The van der Waals surface area contributed by atoms with Gasteiger partial charge in [0.1, 0.15) is 10.9 Å². The summed E-state index contributed by atoms with van der Waals surface area (Å²) in [4.78, 5) is 41.1. The normalized spacial score (nSPS) is 12.9. The van der Waals surface area contributed by atoms with Crippen LogP contribution in [0.25, 0.3) is 11.3 Å². The molecule has 2 aromatic heterocycles. The lowest BCUT2D eigenvalue weighted by atomic mass is 9.98. The molecule has 0 radical (unpaired) electrons. The van der Waals surface area contributed by atoms with Crippen molar-refractivity contribution in [1.82, 2.24) is 20.3 Å². The molecule has 0 aliphatic rings. The Morgan fingerprint density at radius 2 is 2.00 bits per heavy atom. The molecule has 1 amide bonds. The molecule has 0 fully saturated rings. The molecule has 3 rings (SSSR count). The van der Waals surface area contributed by atoms with Crippen LogP contribution in [0.2, 0.25) is 0 Å². The Morgan fingerprint density at radius 1 is 1.24 bits per heavy atom. The number of carbonyl (C=O) groups is 2. The molecule has 0 saturated carbocycles. The van der Waals surface area contributed by atoms with Gasteiger partial charge in [0, 0.05) is 36.1 Å². The SMILES string of the molecule is Cc1cc(-c2ccnc(N/C(C=NC[C@H](N)C(=O)O)=C/N)n2)ccc1CNC(=O)c1cnc(C(C)(C)C)s1. The summed E-state index contributed by atoms with van der Waals surface area (Å²) in [5.41, 5.74) is 14.9. The van der Waals surface area contributed by atoms with Crippen LogP contribution >= 0.6 is 11.3 Å². The fraction of sp³-hybridized carbons (Fsp3) is 0.308. The number of hydrogen-bond donors (Lipinski definition) is 5. The van der Waals surface area contributed by atoms with Gasteiger partial charge < -0.3 is 27.2 Å². The number of aliphatic carboxylic acids is 1. The Bertz CT molecular complexity index is 1360. The molecule has 1 aromatic carbocycles. The van der Waals surface area contributed by atoms with Gasteiger partial charge in [0.25, 0.3) is 5.91 Å². The molecule has 38 heavy (non-hydrogen) atoms. The van der Waals surface area contributed by atoms with E-state index in [-0.39, 0.29) is 17.9 Å². The molecule has 0 aliphatic heterocycles. The number of carbonyl (C=O) groups excluding carboxylic acids is 1. The summed E-state index contributed by atoms with van der Waals surface area (Å²) in [6.45, 7) is 8.47. The van der Waals surface area contributed by atoms with Crippen LogP contribution in [0.5, 0.6) is 0 Å². The van der Waals surface area contributed by atoms with Gasteiger partial charge in [0.05, 0.1) is 29.1 Å². The number of hydrogen-bond acceptors (Lipinski definition) is 10. The number of nitrogens with two attached hydrogens (primary N) is 2. The van der Waals surface area contributed by atoms with Crippen LogP contribution in [-0.4, -0.2) is 50.7 Å². The van der Waals surface area contributed by atoms with E-state index >= 15 is 0 Å². The lowest BCUT2D eigenvalue weighted by Crippen LogP contribution is -2.33. The van der Waals surface area contributed by atoms with E-state index in [1.54, 1.807) is 18.5 Å². The second-order valence-electron chi connectivity index (χ2n) is 9.56. The molecule has 7 N–H and O–H groups in total.